The van der Waals surface area contributed by atoms with Gasteiger partial charge in [0, 0.05) is 38.8 Å². The van der Waals surface area contributed by atoms with Gasteiger partial charge < -0.3 is 10.2 Å². The molecule has 4 nitrogen and oxygen atoms in total. The third-order valence-corrected chi connectivity index (χ3v) is 4.49. The van der Waals surface area contributed by atoms with Crippen LogP contribution in [0.25, 0.3) is 0 Å². The first kappa shape index (κ1) is 17.0. The first-order valence-electron chi connectivity index (χ1n) is 8.29. The SMILES string of the molecule is CC(C)C(CNC(=O)Cc1ccccc1)N1CCN(C)CC1. The van der Waals surface area contributed by atoms with Crippen molar-refractivity contribution < 1.29 is 4.79 Å². The number of benzene rings is 1. The van der Waals surface area contributed by atoms with Crippen molar-refractivity contribution in [1.29, 1.82) is 0 Å². The largest absolute Gasteiger partial charge is 0.354 e. The minimum absolute atomic E-state index is 0.117. The second-order valence-corrected chi connectivity index (χ2v) is 6.62. The van der Waals surface area contributed by atoms with Gasteiger partial charge in [0.1, 0.15) is 0 Å². The zero-order valence-electron chi connectivity index (χ0n) is 14.1. The highest BCUT2D eigenvalue weighted by molar-refractivity contribution is 5.78. The average molecular weight is 303 g/mol. The van der Waals surface area contributed by atoms with Gasteiger partial charge in [-0.3, -0.25) is 9.69 Å². The fraction of sp³-hybridized carbons (Fsp3) is 0.611. The van der Waals surface area contributed by atoms with Gasteiger partial charge in [-0.15, -0.1) is 0 Å². The van der Waals surface area contributed by atoms with E-state index in [-0.39, 0.29) is 5.91 Å². The standard InChI is InChI=1S/C18H29N3O/c1-15(2)17(21-11-9-20(3)10-12-21)14-19-18(22)13-16-7-5-4-6-8-16/h4-8,15,17H,9-14H2,1-3H3,(H,19,22). The van der Waals surface area contributed by atoms with Crippen LogP contribution in [0.3, 0.4) is 0 Å². The minimum atomic E-state index is 0.117. The van der Waals surface area contributed by atoms with E-state index in [1.165, 1.54) is 0 Å². The van der Waals surface area contributed by atoms with E-state index < -0.39 is 0 Å². The second kappa shape index (κ2) is 8.30. The van der Waals surface area contributed by atoms with Gasteiger partial charge in [-0.1, -0.05) is 44.2 Å². The molecule has 0 radical (unpaired) electrons. The van der Waals surface area contributed by atoms with Gasteiger partial charge in [0.25, 0.3) is 0 Å². The van der Waals surface area contributed by atoms with Crippen LogP contribution < -0.4 is 5.32 Å². The molecule has 1 aliphatic rings. The first-order valence-corrected chi connectivity index (χ1v) is 8.29. The van der Waals surface area contributed by atoms with Crippen molar-refractivity contribution in [2.45, 2.75) is 26.3 Å². The van der Waals surface area contributed by atoms with Crippen LogP contribution in [-0.4, -0.2) is 61.5 Å². The molecule has 1 atom stereocenters. The molecule has 1 fully saturated rings. The quantitative estimate of drug-likeness (QED) is 0.867. The normalized spacial score (nSPS) is 18.4. The Morgan fingerprint density at radius 3 is 2.36 bits per heavy atom. The lowest BCUT2D eigenvalue weighted by Gasteiger charge is -2.39. The fourth-order valence-corrected chi connectivity index (χ4v) is 3.00. The summed E-state index contributed by atoms with van der Waals surface area (Å²) in [5.74, 6) is 0.659. The molecule has 1 heterocycles. The maximum atomic E-state index is 12.1. The Hall–Kier alpha value is -1.39. The molecule has 22 heavy (non-hydrogen) atoms. The van der Waals surface area contributed by atoms with Crippen molar-refractivity contribution in [3.63, 3.8) is 0 Å². The minimum Gasteiger partial charge on any atom is -0.354 e. The smallest absolute Gasteiger partial charge is 0.224 e. The summed E-state index contributed by atoms with van der Waals surface area (Å²) >= 11 is 0. The van der Waals surface area contributed by atoms with E-state index in [1.54, 1.807) is 0 Å². The van der Waals surface area contributed by atoms with Gasteiger partial charge >= 0.3 is 0 Å². The van der Waals surface area contributed by atoms with Gasteiger partial charge in [-0.25, -0.2) is 0 Å². The number of amides is 1. The van der Waals surface area contributed by atoms with Gasteiger partial charge in [0.15, 0.2) is 0 Å². The molecule has 0 saturated carbocycles. The van der Waals surface area contributed by atoms with E-state index in [4.69, 9.17) is 0 Å². The van der Waals surface area contributed by atoms with Crippen LogP contribution >= 0.6 is 0 Å². The molecule has 1 saturated heterocycles. The van der Waals surface area contributed by atoms with Crippen molar-refractivity contribution in [2.24, 2.45) is 5.92 Å². The number of carbonyl (C=O) groups excluding carboxylic acids is 1. The van der Waals surface area contributed by atoms with Gasteiger partial charge in [-0.2, -0.15) is 0 Å². The van der Waals surface area contributed by atoms with Crippen LogP contribution in [0.15, 0.2) is 30.3 Å². The predicted octanol–water partition coefficient (Wildman–Crippen LogP) is 1.62. The molecule has 0 aromatic heterocycles. The van der Waals surface area contributed by atoms with E-state index in [9.17, 15) is 4.79 Å². The lowest BCUT2D eigenvalue weighted by Crippen LogP contribution is -2.54. The monoisotopic (exact) mass is 303 g/mol. The second-order valence-electron chi connectivity index (χ2n) is 6.62. The summed E-state index contributed by atoms with van der Waals surface area (Å²) in [5, 5.41) is 3.13. The molecular formula is C18H29N3O. The topological polar surface area (TPSA) is 35.6 Å². The highest BCUT2D eigenvalue weighted by Gasteiger charge is 2.25. The molecule has 122 valence electrons. The molecule has 2 rings (SSSR count). The number of nitrogens with zero attached hydrogens (tertiary/aromatic N) is 2. The van der Waals surface area contributed by atoms with Crippen molar-refractivity contribution in [1.82, 2.24) is 15.1 Å². The summed E-state index contributed by atoms with van der Waals surface area (Å²) in [6.45, 7) is 9.63. The zero-order chi connectivity index (χ0) is 15.9. The Labute approximate surface area is 134 Å². The predicted molar refractivity (Wildman–Crippen MR) is 90.9 cm³/mol. The van der Waals surface area contributed by atoms with E-state index in [0.29, 0.717) is 18.4 Å². The van der Waals surface area contributed by atoms with Crippen LogP contribution in [0.5, 0.6) is 0 Å². The first-order chi connectivity index (χ1) is 10.6. The van der Waals surface area contributed by atoms with E-state index in [2.05, 4.69) is 36.0 Å². The van der Waals surface area contributed by atoms with Crippen molar-refractivity contribution in [3.05, 3.63) is 35.9 Å². The number of likely N-dealkylation sites (N-methyl/N-ethyl adjacent to an activating group) is 1. The Balaban J connectivity index is 1.82. The molecule has 0 bridgehead atoms. The van der Waals surface area contributed by atoms with E-state index in [0.717, 1.165) is 38.3 Å². The molecule has 1 aromatic rings. The van der Waals surface area contributed by atoms with Gasteiger partial charge in [0.2, 0.25) is 5.91 Å². The van der Waals surface area contributed by atoms with Crippen molar-refractivity contribution in [3.8, 4) is 0 Å². The highest BCUT2D eigenvalue weighted by Crippen LogP contribution is 2.13. The third-order valence-electron chi connectivity index (χ3n) is 4.49. The number of hydrogen-bond acceptors (Lipinski definition) is 3. The molecule has 1 N–H and O–H groups in total. The fourth-order valence-electron chi connectivity index (χ4n) is 3.00. The van der Waals surface area contributed by atoms with Crippen molar-refractivity contribution >= 4 is 5.91 Å². The van der Waals surface area contributed by atoms with Crippen LogP contribution in [0.2, 0.25) is 0 Å². The molecule has 0 aliphatic carbocycles. The van der Waals surface area contributed by atoms with Crippen LogP contribution in [0.4, 0.5) is 0 Å². The van der Waals surface area contributed by atoms with Crippen molar-refractivity contribution in [2.75, 3.05) is 39.8 Å². The van der Waals surface area contributed by atoms with Gasteiger partial charge in [0.05, 0.1) is 6.42 Å². The summed E-state index contributed by atoms with van der Waals surface area (Å²) in [6.07, 6.45) is 0.467. The van der Waals surface area contributed by atoms with E-state index in [1.807, 2.05) is 30.3 Å². The molecule has 1 unspecified atom stereocenters. The molecule has 4 heteroatoms. The lowest BCUT2D eigenvalue weighted by atomic mass is 10.0. The number of nitrogens with one attached hydrogen (secondary N) is 1. The number of carbonyl (C=O) groups is 1. The summed E-state index contributed by atoms with van der Waals surface area (Å²) in [6, 6.07) is 10.4. The van der Waals surface area contributed by atoms with Crippen LogP contribution in [0, 0.1) is 5.92 Å². The number of hydrogen-bond donors (Lipinski definition) is 1. The Bertz CT molecular complexity index is 453. The summed E-state index contributed by atoms with van der Waals surface area (Å²) in [7, 11) is 2.17. The maximum absolute atomic E-state index is 12.1. The molecule has 1 aliphatic heterocycles. The zero-order valence-corrected chi connectivity index (χ0v) is 14.1. The van der Waals surface area contributed by atoms with Crippen LogP contribution in [-0.2, 0) is 11.2 Å². The molecule has 1 aromatic carbocycles. The Morgan fingerprint density at radius 2 is 1.77 bits per heavy atom. The number of rotatable bonds is 6. The Morgan fingerprint density at radius 1 is 1.14 bits per heavy atom. The van der Waals surface area contributed by atoms with Gasteiger partial charge in [-0.05, 0) is 18.5 Å². The maximum Gasteiger partial charge on any atom is 0.224 e. The third kappa shape index (κ3) is 5.11. The highest BCUT2D eigenvalue weighted by atomic mass is 16.1. The van der Waals surface area contributed by atoms with Crippen LogP contribution in [0.1, 0.15) is 19.4 Å². The Kier molecular flexibility index (Phi) is 6.40. The molecule has 0 spiro atoms. The average Bonchev–Trinajstić information content (AvgIpc) is 2.50. The number of piperazine rings is 1. The molecular weight excluding hydrogens is 274 g/mol. The summed E-state index contributed by atoms with van der Waals surface area (Å²) in [4.78, 5) is 17.0. The lowest BCUT2D eigenvalue weighted by molar-refractivity contribution is -0.120. The van der Waals surface area contributed by atoms with E-state index >= 15 is 0 Å². The summed E-state index contributed by atoms with van der Waals surface area (Å²) < 4.78 is 0. The molecule has 1 amide bonds. The summed E-state index contributed by atoms with van der Waals surface area (Å²) in [5.41, 5.74) is 1.07.